The number of hydrogen-bond acceptors (Lipinski definition) is 6. The maximum absolute atomic E-state index is 12.2. The molecule has 0 aliphatic heterocycles. The van der Waals surface area contributed by atoms with E-state index < -0.39 is 5.97 Å². The number of carboxylic acid groups (broad SMARTS) is 1. The van der Waals surface area contributed by atoms with Crippen LogP contribution in [0.5, 0.6) is 5.75 Å². The number of hydrogen-bond donors (Lipinski definition) is 3. The Kier molecular flexibility index (Phi) is 6.13. The third kappa shape index (κ3) is 5.10. The third-order valence-corrected chi connectivity index (χ3v) is 4.59. The molecule has 2 aromatic carbocycles. The lowest BCUT2D eigenvalue weighted by molar-refractivity contribution is -0.116. The third-order valence-electron chi connectivity index (χ3n) is 4.35. The van der Waals surface area contributed by atoms with E-state index in [0.717, 1.165) is 0 Å². The van der Waals surface area contributed by atoms with Gasteiger partial charge in [0.25, 0.3) is 0 Å². The summed E-state index contributed by atoms with van der Waals surface area (Å²) in [5.41, 5.74) is 2.05. The summed E-state index contributed by atoms with van der Waals surface area (Å²) >= 11 is 6.09. The monoisotopic (exact) mass is 452 g/mol. The minimum Gasteiger partial charge on any atom is -0.486 e. The fourth-order valence-electron chi connectivity index (χ4n) is 2.90. The van der Waals surface area contributed by atoms with E-state index in [2.05, 4.69) is 25.8 Å². The number of nitrogens with zero attached hydrogens (tertiary/aromatic N) is 4. The number of ether oxygens (including phenoxy) is 1. The number of aromatic nitrogens is 5. The maximum atomic E-state index is 12.2. The van der Waals surface area contributed by atoms with Crippen molar-refractivity contribution in [3.05, 3.63) is 77.2 Å². The Morgan fingerprint density at radius 1 is 1.16 bits per heavy atom. The van der Waals surface area contributed by atoms with Gasteiger partial charge in [-0.15, -0.1) is 5.10 Å². The molecule has 4 rings (SSSR count). The van der Waals surface area contributed by atoms with Crippen molar-refractivity contribution < 1.29 is 19.4 Å². The van der Waals surface area contributed by atoms with Gasteiger partial charge < -0.3 is 15.2 Å². The highest BCUT2D eigenvalue weighted by atomic mass is 35.5. The molecule has 0 aliphatic carbocycles. The molecule has 11 heteroatoms. The van der Waals surface area contributed by atoms with Crippen molar-refractivity contribution in [2.45, 2.75) is 13.2 Å². The van der Waals surface area contributed by atoms with E-state index in [1.54, 1.807) is 36.5 Å². The minimum absolute atomic E-state index is 0.000670. The van der Waals surface area contributed by atoms with E-state index in [0.29, 0.717) is 33.4 Å². The number of aromatic amines is 1. The Hall–Kier alpha value is -4.18. The lowest BCUT2D eigenvalue weighted by Crippen LogP contribution is -2.19. The van der Waals surface area contributed by atoms with Gasteiger partial charge in [-0.05, 0) is 36.4 Å². The summed E-state index contributed by atoms with van der Waals surface area (Å²) < 4.78 is 7.25. The molecule has 4 aromatic rings. The van der Waals surface area contributed by atoms with E-state index in [9.17, 15) is 9.59 Å². The molecule has 10 nitrogen and oxygen atoms in total. The van der Waals surface area contributed by atoms with E-state index in [1.807, 2.05) is 18.2 Å². The SMILES string of the molecule is O=C(Cn1cc(COc2ccc(Cl)cc2-c2cc(C(=O)O)[nH]n2)nn1)Nc1ccccc1. The number of H-pyrrole nitrogens is 1. The number of aromatic carboxylic acids is 1. The number of carboxylic acids is 1. The van der Waals surface area contributed by atoms with E-state index in [1.165, 1.54) is 10.7 Å². The molecule has 0 spiro atoms. The predicted molar refractivity (Wildman–Crippen MR) is 115 cm³/mol. The van der Waals surface area contributed by atoms with Crippen LogP contribution < -0.4 is 10.1 Å². The first-order valence-electron chi connectivity index (χ1n) is 9.43. The molecule has 0 saturated carbocycles. The Bertz CT molecular complexity index is 1250. The van der Waals surface area contributed by atoms with Gasteiger partial charge in [-0.3, -0.25) is 9.89 Å². The van der Waals surface area contributed by atoms with Crippen LogP contribution in [0.25, 0.3) is 11.3 Å². The molecule has 0 bridgehead atoms. The molecule has 0 saturated heterocycles. The minimum atomic E-state index is -1.12. The lowest BCUT2D eigenvalue weighted by Gasteiger charge is -2.09. The van der Waals surface area contributed by atoms with Gasteiger partial charge >= 0.3 is 5.97 Å². The molecule has 0 atom stereocenters. The van der Waals surface area contributed by atoms with E-state index >= 15 is 0 Å². The average molecular weight is 453 g/mol. The van der Waals surface area contributed by atoms with Gasteiger partial charge in [0, 0.05) is 16.3 Å². The molecular formula is C21H17ClN6O4. The Morgan fingerprint density at radius 2 is 1.97 bits per heavy atom. The molecule has 3 N–H and O–H groups in total. The average Bonchev–Trinajstić information content (AvgIpc) is 3.43. The van der Waals surface area contributed by atoms with E-state index in [4.69, 9.17) is 21.4 Å². The maximum Gasteiger partial charge on any atom is 0.353 e. The summed E-state index contributed by atoms with van der Waals surface area (Å²) in [6.07, 6.45) is 1.61. The molecular weight excluding hydrogens is 436 g/mol. The van der Waals surface area contributed by atoms with Crippen LogP contribution in [-0.2, 0) is 17.9 Å². The van der Waals surface area contributed by atoms with Crippen LogP contribution in [0.1, 0.15) is 16.2 Å². The summed E-state index contributed by atoms with van der Waals surface area (Å²) in [5, 5.41) is 26.8. The largest absolute Gasteiger partial charge is 0.486 e. The quantitative estimate of drug-likeness (QED) is 0.373. The standard InChI is InChI=1S/C21H17ClN6O4/c22-13-6-7-19(16(8-13)17-9-18(21(30)31)26-25-17)32-12-15-10-28(27-24-15)11-20(29)23-14-4-2-1-3-5-14/h1-10H,11-12H2,(H,23,29)(H,25,26)(H,30,31). The molecule has 2 aromatic heterocycles. The number of nitrogens with one attached hydrogen (secondary N) is 2. The second-order valence-electron chi connectivity index (χ2n) is 6.72. The number of para-hydroxylation sites is 1. The van der Waals surface area contributed by atoms with Gasteiger partial charge in [0.05, 0.1) is 11.9 Å². The number of anilines is 1. The van der Waals surface area contributed by atoms with Crippen LogP contribution in [0.4, 0.5) is 5.69 Å². The fourth-order valence-corrected chi connectivity index (χ4v) is 3.07. The zero-order valence-corrected chi connectivity index (χ0v) is 17.3. The fraction of sp³-hybridized carbons (Fsp3) is 0.0952. The lowest BCUT2D eigenvalue weighted by atomic mass is 10.1. The predicted octanol–water partition coefficient (Wildman–Crippen LogP) is 3.24. The first-order chi connectivity index (χ1) is 15.5. The Morgan fingerprint density at radius 3 is 2.72 bits per heavy atom. The molecule has 2 heterocycles. The number of carbonyl (C=O) groups excluding carboxylic acids is 1. The molecule has 0 unspecified atom stereocenters. The van der Waals surface area contributed by atoms with Crippen LogP contribution in [-0.4, -0.2) is 42.2 Å². The molecule has 0 fully saturated rings. The highest BCUT2D eigenvalue weighted by Gasteiger charge is 2.15. The first kappa shape index (κ1) is 21.1. The smallest absolute Gasteiger partial charge is 0.353 e. The zero-order valence-electron chi connectivity index (χ0n) is 16.5. The zero-order chi connectivity index (χ0) is 22.5. The van der Waals surface area contributed by atoms with Gasteiger partial charge in [-0.2, -0.15) is 5.10 Å². The summed E-state index contributed by atoms with van der Waals surface area (Å²) in [7, 11) is 0. The molecule has 1 amide bonds. The van der Waals surface area contributed by atoms with Gasteiger partial charge in [0.2, 0.25) is 5.91 Å². The number of benzene rings is 2. The molecule has 0 aliphatic rings. The second-order valence-corrected chi connectivity index (χ2v) is 7.16. The van der Waals surface area contributed by atoms with Gasteiger partial charge in [-0.1, -0.05) is 35.0 Å². The summed E-state index contributed by atoms with van der Waals surface area (Å²) in [6.45, 7) is 0.0739. The summed E-state index contributed by atoms with van der Waals surface area (Å²) in [4.78, 5) is 23.3. The van der Waals surface area contributed by atoms with Gasteiger partial charge in [0.15, 0.2) is 0 Å². The highest BCUT2D eigenvalue weighted by molar-refractivity contribution is 6.31. The van der Waals surface area contributed by atoms with Crippen LogP contribution in [0, 0.1) is 0 Å². The number of amides is 1. The van der Waals surface area contributed by atoms with Gasteiger partial charge in [-0.25, -0.2) is 9.48 Å². The second kappa shape index (κ2) is 9.31. The van der Waals surface area contributed by atoms with Crippen molar-refractivity contribution in [1.82, 2.24) is 25.2 Å². The van der Waals surface area contributed by atoms with Crippen molar-refractivity contribution >= 4 is 29.2 Å². The van der Waals surface area contributed by atoms with Crippen molar-refractivity contribution in [3.8, 4) is 17.0 Å². The Labute approximate surface area is 186 Å². The van der Waals surface area contributed by atoms with Crippen molar-refractivity contribution in [2.75, 3.05) is 5.32 Å². The van der Waals surface area contributed by atoms with Crippen LogP contribution >= 0.6 is 11.6 Å². The number of halogens is 1. The number of rotatable bonds is 8. The summed E-state index contributed by atoms with van der Waals surface area (Å²) in [6, 6.07) is 15.4. The van der Waals surface area contributed by atoms with Crippen molar-refractivity contribution in [2.24, 2.45) is 0 Å². The van der Waals surface area contributed by atoms with Crippen molar-refractivity contribution in [1.29, 1.82) is 0 Å². The Balaban J connectivity index is 1.41. The molecule has 162 valence electrons. The number of carbonyl (C=O) groups is 2. The van der Waals surface area contributed by atoms with Gasteiger partial charge in [0.1, 0.15) is 30.3 Å². The van der Waals surface area contributed by atoms with Crippen LogP contribution in [0.2, 0.25) is 5.02 Å². The normalized spacial score (nSPS) is 10.7. The first-order valence-corrected chi connectivity index (χ1v) is 9.81. The van der Waals surface area contributed by atoms with Crippen LogP contribution in [0.15, 0.2) is 60.8 Å². The van der Waals surface area contributed by atoms with Crippen LogP contribution in [0.3, 0.4) is 0 Å². The molecule has 32 heavy (non-hydrogen) atoms. The van der Waals surface area contributed by atoms with Crippen molar-refractivity contribution in [3.63, 3.8) is 0 Å². The molecule has 0 radical (unpaired) electrons. The topological polar surface area (TPSA) is 135 Å². The highest BCUT2D eigenvalue weighted by Crippen LogP contribution is 2.32. The van der Waals surface area contributed by atoms with E-state index in [-0.39, 0.29) is 24.8 Å². The summed E-state index contributed by atoms with van der Waals surface area (Å²) in [5.74, 6) is -0.920.